The van der Waals surface area contributed by atoms with Gasteiger partial charge < -0.3 is 20.3 Å². The Morgan fingerprint density at radius 1 is 1.08 bits per heavy atom. The molecule has 0 spiro atoms. The molecule has 1 aromatic rings. The number of halogens is 3. The number of alkyl halides is 3. The number of aryl methyl sites for hydroxylation is 1. The molecule has 212 valence electrons. The van der Waals surface area contributed by atoms with Crippen LogP contribution in [0.1, 0.15) is 75.6 Å². The third kappa shape index (κ3) is 6.22. The first-order valence-corrected chi connectivity index (χ1v) is 14.2. The highest BCUT2D eigenvalue weighted by Crippen LogP contribution is 2.53. The molecular weight excluding hydrogens is 499 g/mol. The second-order valence-electron chi connectivity index (χ2n) is 12.2. The van der Waals surface area contributed by atoms with Gasteiger partial charge in [-0.25, -0.2) is 9.48 Å². The summed E-state index contributed by atoms with van der Waals surface area (Å²) in [7, 11) is 0. The van der Waals surface area contributed by atoms with Gasteiger partial charge in [0.15, 0.2) is 6.61 Å². The van der Waals surface area contributed by atoms with Gasteiger partial charge in [0.05, 0.1) is 6.20 Å². The molecule has 11 heteroatoms. The van der Waals surface area contributed by atoms with Crippen molar-refractivity contribution in [1.29, 1.82) is 0 Å². The van der Waals surface area contributed by atoms with Crippen LogP contribution in [-0.2, 0) is 6.54 Å². The lowest BCUT2D eigenvalue weighted by Gasteiger charge is -2.54. The monoisotopic (exact) mass is 539 g/mol. The summed E-state index contributed by atoms with van der Waals surface area (Å²) in [4.78, 5) is 27.3. The van der Waals surface area contributed by atoms with Crippen molar-refractivity contribution >= 4 is 11.9 Å². The zero-order valence-corrected chi connectivity index (χ0v) is 22.3. The zero-order valence-electron chi connectivity index (χ0n) is 22.3. The van der Waals surface area contributed by atoms with E-state index in [1.165, 1.54) is 17.3 Å². The SMILES string of the molecule is CC(C)NC(=O)N1CCC(CCn2ncc(C(=O)NC3C4CC5CC(C4)CC3C5)c2OCC(F)(F)F)CC1. The van der Waals surface area contributed by atoms with Gasteiger partial charge in [-0.3, -0.25) is 4.79 Å². The average Bonchev–Trinajstić information content (AvgIpc) is 3.25. The fourth-order valence-electron chi connectivity index (χ4n) is 7.45. The van der Waals surface area contributed by atoms with Crippen LogP contribution in [0.5, 0.6) is 5.88 Å². The Morgan fingerprint density at radius 2 is 1.71 bits per heavy atom. The lowest BCUT2D eigenvalue weighted by Crippen LogP contribution is -2.55. The summed E-state index contributed by atoms with van der Waals surface area (Å²) >= 11 is 0. The third-order valence-corrected chi connectivity index (χ3v) is 9.00. The number of ether oxygens (including phenoxy) is 1. The van der Waals surface area contributed by atoms with Gasteiger partial charge in [-0.1, -0.05) is 0 Å². The molecule has 4 bridgehead atoms. The smallest absolute Gasteiger partial charge is 0.422 e. The standard InChI is InChI=1S/C27H40F3N5O3/c1-16(2)32-26(37)34-6-3-17(4-7-34)5-8-35-25(38-15-27(28,29)30)22(14-31-35)24(36)33-23-20-10-18-9-19(12-20)13-21(23)11-18/h14,16-21,23H,3-13,15H2,1-2H3,(H,32,37)(H,33,36). The second-order valence-corrected chi connectivity index (χ2v) is 12.2. The zero-order chi connectivity index (χ0) is 27.0. The maximum absolute atomic E-state index is 13.3. The quantitative estimate of drug-likeness (QED) is 0.506. The van der Waals surface area contributed by atoms with Crippen molar-refractivity contribution in [2.75, 3.05) is 19.7 Å². The Labute approximate surface area is 222 Å². The van der Waals surface area contributed by atoms with E-state index in [1.54, 1.807) is 4.90 Å². The van der Waals surface area contributed by atoms with Crippen LogP contribution in [0, 0.1) is 29.6 Å². The van der Waals surface area contributed by atoms with Gasteiger partial charge >= 0.3 is 12.2 Å². The minimum atomic E-state index is -4.52. The maximum atomic E-state index is 13.3. The molecule has 3 amide bonds. The number of nitrogens with one attached hydrogen (secondary N) is 2. The minimum absolute atomic E-state index is 0.0665. The summed E-state index contributed by atoms with van der Waals surface area (Å²) in [6.07, 6.45) is 4.96. The predicted molar refractivity (Wildman–Crippen MR) is 135 cm³/mol. The van der Waals surface area contributed by atoms with Crippen LogP contribution in [-0.4, -0.2) is 64.6 Å². The molecule has 5 fully saturated rings. The fourth-order valence-corrected chi connectivity index (χ4v) is 7.45. The summed E-state index contributed by atoms with van der Waals surface area (Å²) < 4.78 is 45.7. The van der Waals surface area contributed by atoms with Crippen molar-refractivity contribution in [2.24, 2.45) is 29.6 Å². The van der Waals surface area contributed by atoms with E-state index in [0.717, 1.165) is 50.4 Å². The van der Waals surface area contributed by atoms with Crippen LogP contribution < -0.4 is 15.4 Å². The number of hydrogen-bond acceptors (Lipinski definition) is 4. The number of amides is 3. The number of carbonyl (C=O) groups is 2. The summed E-state index contributed by atoms with van der Waals surface area (Å²) in [6, 6.07) is 0.0835. The summed E-state index contributed by atoms with van der Waals surface area (Å²) in [6.45, 7) is 3.99. The van der Waals surface area contributed by atoms with Crippen LogP contribution in [0.25, 0.3) is 0 Å². The van der Waals surface area contributed by atoms with E-state index < -0.39 is 18.7 Å². The molecule has 6 rings (SSSR count). The Balaban J connectivity index is 1.21. The molecular formula is C27H40F3N5O3. The van der Waals surface area contributed by atoms with Crippen molar-refractivity contribution in [2.45, 2.75) is 90.0 Å². The van der Waals surface area contributed by atoms with Crippen LogP contribution in [0.4, 0.5) is 18.0 Å². The molecule has 1 aliphatic heterocycles. The van der Waals surface area contributed by atoms with Gasteiger partial charge in [0.2, 0.25) is 5.88 Å². The molecule has 4 saturated carbocycles. The largest absolute Gasteiger partial charge is 0.468 e. The number of hydrogen-bond donors (Lipinski definition) is 2. The third-order valence-electron chi connectivity index (χ3n) is 9.00. The van der Waals surface area contributed by atoms with Crippen molar-refractivity contribution in [1.82, 2.24) is 25.3 Å². The first kappa shape index (κ1) is 27.1. The predicted octanol–water partition coefficient (Wildman–Crippen LogP) is 4.60. The summed E-state index contributed by atoms with van der Waals surface area (Å²) in [5.41, 5.74) is 0.0724. The normalized spacial score (nSPS) is 29.1. The highest BCUT2D eigenvalue weighted by atomic mass is 19.4. The van der Waals surface area contributed by atoms with Crippen LogP contribution >= 0.6 is 0 Å². The van der Waals surface area contributed by atoms with E-state index in [1.807, 2.05) is 13.8 Å². The highest BCUT2D eigenvalue weighted by Gasteiger charge is 2.49. The number of rotatable bonds is 8. The van der Waals surface area contributed by atoms with Gasteiger partial charge in [0, 0.05) is 31.7 Å². The number of piperidine rings is 1. The first-order chi connectivity index (χ1) is 18.1. The van der Waals surface area contributed by atoms with E-state index >= 15 is 0 Å². The lowest BCUT2D eigenvalue weighted by atomic mass is 9.54. The van der Waals surface area contributed by atoms with Crippen LogP contribution in [0.15, 0.2) is 6.20 Å². The average molecular weight is 540 g/mol. The first-order valence-electron chi connectivity index (χ1n) is 14.2. The molecule has 8 nitrogen and oxygen atoms in total. The molecule has 0 atom stereocenters. The Hall–Kier alpha value is -2.46. The van der Waals surface area contributed by atoms with Crippen molar-refractivity contribution < 1.29 is 27.5 Å². The van der Waals surface area contributed by atoms with E-state index in [2.05, 4.69) is 15.7 Å². The fraction of sp³-hybridized carbons (Fsp3) is 0.815. The molecule has 0 aromatic carbocycles. The Bertz CT molecular complexity index is 975. The van der Waals surface area contributed by atoms with Gasteiger partial charge in [-0.15, -0.1) is 0 Å². The topological polar surface area (TPSA) is 88.5 Å². The van der Waals surface area contributed by atoms with Crippen molar-refractivity contribution in [3.63, 3.8) is 0 Å². The van der Waals surface area contributed by atoms with Crippen LogP contribution in [0.3, 0.4) is 0 Å². The van der Waals surface area contributed by atoms with E-state index in [4.69, 9.17) is 4.74 Å². The van der Waals surface area contributed by atoms with Gasteiger partial charge in [0.1, 0.15) is 5.56 Å². The second kappa shape index (κ2) is 11.0. The molecule has 0 unspecified atom stereocenters. The minimum Gasteiger partial charge on any atom is -0.468 e. The molecule has 1 aromatic heterocycles. The van der Waals surface area contributed by atoms with E-state index in [-0.39, 0.29) is 29.6 Å². The molecule has 2 N–H and O–H groups in total. The number of carbonyl (C=O) groups excluding carboxylic acids is 2. The molecule has 0 radical (unpaired) electrons. The van der Waals surface area contributed by atoms with Gasteiger partial charge in [0.25, 0.3) is 5.91 Å². The van der Waals surface area contributed by atoms with Gasteiger partial charge in [-0.2, -0.15) is 18.3 Å². The van der Waals surface area contributed by atoms with Crippen molar-refractivity contribution in [3.8, 4) is 5.88 Å². The molecule has 4 aliphatic carbocycles. The van der Waals surface area contributed by atoms with E-state index in [9.17, 15) is 22.8 Å². The van der Waals surface area contributed by atoms with Crippen molar-refractivity contribution in [3.05, 3.63) is 11.8 Å². The molecule has 5 aliphatic rings. The van der Waals surface area contributed by atoms with Gasteiger partial charge in [-0.05, 0) is 94.8 Å². The summed E-state index contributed by atoms with van der Waals surface area (Å²) in [5, 5.41) is 10.3. The number of nitrogens with zero attached hydrogens (tertiary/aromatic N) is 3. The maximum Gasteiger partial charge on any atom is 0.422 e. The molecule has 1 saturated heterocycles. The van der Waals surface area contributed by atoms with Crippen LogP contribution in [0.2, 0.25) is 0 Å². The number of aromatic nitrogens is 2. The Kier molecular flexibility index (Phi) is 7.82. The molecule has 38 heavy (non-hydrogen) atoms. The number of urea groups is 1. The molecule has 2 heterocycles. The summed E-state index contributed by atoms with van der Waals surface area (Å²) in [5.74, 6) is 2.23. The number of likely N-dealkylation sites (tertiary alicyclic amines) is 1. The highest BCUT2D eigenvalue weighted by molar-refractivity contribution is 5.96. The lowest BCUT2D eigenvalue weighted by molar-refractivity contribution is -0.154. The van der Waals surface area contributed by atoms with E-state index in [0.29, 0.717) is 43.8 Å². The Morgan fingerprint density at radius 3 is 2.29 bits per heavy atom.